The van der Waals surface area contributed by atoms with Crippen LogP contribution in [0.1, 0.15) is 105 Å². The lowest BCUT2D eigenvalue weighted by Gasteiger charge is -2.23. The molecular formula is C31H36. The van der Waals surface area contributed by atoms with Gasteiger partial charge in [0.05, 0.1) is 0 Å². The number of rotatable bonds is 4. The minimum absolute atomic E-state index is 0.577. The SMILES string of the molecule is C1=C(C2CCCCC2)c2ccccc2C1CC1C=C(C2CCCCC2)c2ccccc21. The van der Waals surface area contributed by atoms with Gasteiger partial charge >= 0.3 is 0 Å². The standard InChI is InChI=1S/C31H36/c1-3-11-22(12-4-1)30-20-24(26-15-7-9-17-28(26)30)19-25-21-31(23-13-5-2-6-14-23)29-18-10-8-16-27(25)29/h7-10,15-18,20-25H,1-6,11-14,19H2. The highest BCUT2D eigenvalue weighted by Crippen LogP contribution is 2.51. The molecular weight excluding hydrogens is 372 g/mol. The summed E-state index contributed by atoms with van der Waals surface area (Å²) in [6.45, 7) is 0. The molecule has 0 aromatic heterocycles. The van der Waals surface area contributed by atoms with Crippen LogP contribution in [0.2, 0.25) is 0 Å². The molecule has 0 nitrogen and oxygen atoms in total. The smallest absolute Gasteiger partial charge is 0.00389 e. The fourth-order valence-electron chi connectivity index (χ4n) is 7.16. The molecule has 2 saturated carbocycles. The maximum atomic E-state index is 2.69. The summed E-state index contributed by atoms with van der Waals surface area (Å²) in [6.07, 6.45) is 20.7. The zero-order chi connectivity index (χ0) is 20.6. The van der Waals surface area contributed by atoms with Crippen molar-refractivity contribution < 1.29 is 0 Å². The molecule has 4 aliphatic carbocycles. The van der Waals surface area contributed by atoms with Gasteiger partial charge in [0, 0.05) is 11.8 Å². The van der Waals surface area contributed by atoms with Crippen LogP contribution in [0.4, 0.5) is 0 Å². The van der Waals surface area contributed by atoms with E-state index in [2.05, 4.69) is 60.7 Å². The molecule has 4 aliphatic rings. The van der Waals surface area contributed by atoms with Crippen LogP contribution in [0.3, 0.4) is 0 Å². The first-order valence-corrected chi connectivity index (χ1v) is 13.0. The van der Waals surface area contributed by atoms with E-state index in [-0.39, 0.29) is 0 Å². The van der Waals surface area contributed by atoms with Gasteiger partial charge in [0.25, 0.3) is 0 Å². The van der Waals surface area contributed by atoms with Crippen LogP contribution in [0.5, 0.6) is 0 Å². The molecule has 2 unspecified atom stereocenters. The summed E-state index contributed by atoms with van der Waals surface area (Å²) in [5.41, 5.74) is 9.70. The lowest BCUT2D eigenvalue weighted by Crippen LogP contribution is -2.07. The molecule has 2 aromatic rings. The third-order valence-corrected chi connectivity index (χ3v) is 8.70. The molecule has 2 fully saturated rings. The highest BCUT2D eigenvalue weighted by molar-refractivity contribution is 5.78. The molecule has 0 amide bonds. The summed E-state index contributed by atoms with van der Waals surface area (Å²) in [4.78, 5) is 0. The molecule has 0 saturated heterocycles. The Morgan fingerprint density at radius 1 is 0.516 bits per heavy atom. The van der Waals surface area contributed by atoms with E-state index in [4.69, 9.17) is 0 Å². The first-order chi connectivity index (χ1) is 15.4. The number of hydrogen-bond donors (Lipinski definition) is 0. The second-order valence-electron chi connectivity index (χ2n) is 10.5. The largest absolute Gasteiger partial charge is 0.0728 e. The number of allylic oxidation sites excluding steroid dienone is 4. The summed E-state index contributed by atoms with van der Waals surface area (Å²) in [5.74, 6) is 2.74. The van der Waals surface area contributed by atoms with Gasteiger partial charge in [-0.1, -0.05) is 99.2 Å². The topological polar surface area (TPSA) is 0 Å². The molecule has 0 bridgehead atoms. The molecule has 0 N–H and O–H groups in total. The van der Waals surface area contributed by atoms with Crippen LogP contribution in [0, 0.1) is 11.8 Å². The van der Waals surface area contributed by atoms with Crippen LogP contribution in [0.25, 0.3) is 11.1 Å². The Hall–Kier alpha value is -2.08. The van der Waals surface area contributed by atoms with Crippen molar-refractivity contribution in [3.05, 3.63) is 82.9 Å². The van der Waals surface area contributed by atoms with E-state index in [1.165, 1.54) is 70.6 Å². The van der Waals surface area contributed by atoms with Crippen LogP contribution in [0.15, 0.2) is 60.7 Å². The first-order valence-electron chi connectivity index (χ1n) is 13.0. The zero-order valence-corrected chi connectivity index (χ0v) is 18.9. The molecule has 0 radical (unpaired) electrons. The lowest BCUT2D eigenvalue weighted by molar-refractivity contribution is 0.429. The van der Waals surface area contributed by atoms with E-state index in [0.717, 1.165) is 11.8 Å². The minimum atomic E-state index is 0.577. The van der Waals surface area contributed by atoms with Crippen molar-refractivity contribution >= 4 is 11.1 Å². The van der Waals surface area contributed by atoms with E-state index >= 15 is 0 Å². The average molecular weight is 409 g/mol. The van der Waals surface area contributed by atoms with Gasteiger partial charge in [0.15, 0.2) is 0 Å². The predicted molar refractivity (Wildman–Crippen MR) is 132 cm³/mol. The molecule has 0 spiro atoms. The van der Waals surface area contributed by atoms with Gasteiger partial charge in [-0.3, -0.25) is 0 Å². The molecule has 31 heavy (non-hydrogen) atoms. The maximum Gasteiger partial charge on any atom is 0.00389 e. The van der Waals surface area contributed by atoms with Gasteiger partial charge in [0.2, 0.25) is 0 Å². The first kappa shape index (κ1) is 19.6. The Morgan fingerprint density at radius 3 is 1.39 bits per heavy atom. The Bertz CT molecular complexity index is 913. The molecule has 0 heteroatoms. The maximum absolute atomic E-state index is 2.69. The summed E-state index contributed by atoms with van der Waals surface area (Å²) < 4.78 is 0. The van der Waals surface area contributed by atoms with Crippen molar-refractivity contribution in [1.82, 2.24) is 0 Å². The van der Waals surface area contributed by atoms with Crippen molar-refractivity contribution in [2.45, 2.75) is 82.5 Å². The Kier molecular flexibility index (Phi) is 5.34. The van der Waals surface area contributed by atoms with Crippen LogP contribution in [-0.4, -0.2) is 0 Å². The van der Waals surface area contributed by atoms with Gasteiger partial charge in [-0.2, -0.15) is 0 Å². The van der Waals surface area contributed by atoms with Crippen molar-refractivity contribution in [2.24, 2.45) is 11.8 Å². The van der Waals surface area contributed by atoms with Gasteiger partial charge in [-0.15, -0.1) is 0 Å². The second-order valence-corrected chi connectivity index (χ2v) is 10.5. The van der Waals surface area contributed by atoms with Gasteiger partial charge < -0.3 is 0 Å². The van der Waals surface area contributed by atoms with Crippen molar-refractivity contribution in [3.63, 3.8) is 0 Å². The molecule has 0 aliphatic heterocycles. The third-order valence-electron chi connectivity index (χ3n) is 8.70. The van der Waals surface area contributed by atoms with Crippen LogP contribution in [-0.2, 0) is 0 Å². The van der Waals surface area contributed by atoms with Gasteiger partial charge in [-0.05, 0) is 77.3 Å². The Labute approximate surface area is 188 Å². The molecule has 6 rings (SSSR count). The summed E-state index contributed by atoms with van der Waals surface area (Å²) >= 11 is 0. The fourth-order valence-corrected chi connectivity index (χ4v) is 7.16. The number of fused-ring (bicyclic) bond motifs is 2. The number of benzene rings is 2. The van der Waals surface area contributed by atoms with Crippen molar-refractivity contribution in [1.29, 1.82) is 0 Å². The average Bonchev–Trinajstić information content (AvgIpc) is 3.40. The molecule has 160 valence electrons. The van der Waals surface area contributed by atoms with E-state index < -0.39 is 0 Å². The minimum Gasteiger partial charge on any atom is -0.0728 e. The Morgan fingerprint density at radius 2 is 0.935 bits per heavy atom. The molecule has 2 atom stereocenters. The Balaban J connectivity index is 1.31. The zero-order valence-electron chi connectivity index (χ0n) is 18.9. The fraction of sp³-hybridized carbons (Fsp3) is 0.484. The predicted octanol–water partition coefficient (Wildman–Crippen LogP) is 8.90. The van der Waals surface area contributed by atoms with E-state index in [1.54, 1.807) is 33.4 Å². The monoisotopic (exact) mass is 408 g/mol. The van der Waals surface area contributed by atoms with E-state index in [0.29, 0.717) is 11.8 Å². The summed E-state index contributed by atoms with van der Waals surface area (Å²) in [6, 6.07) is 18.7. The van der Waals surface area contributed by atoms with Gasteiger partial charge in [0.1, 0.15) is 0 Å². The van der Waals surface area contributed by atoms with Crippen molar-refractivity contribution in [3.8, 4) is 0 Å². The summed E-state index contributed by atoms with van der Waals surface area (Å²) in [5, 5.41) is 0. The van der Waals surface area contributed by atoms with Crippen molar-refractivity contribution in [2.75, 3.05) is 0 Å². The summed E-state index contributed by atoms with van der Waals surface area (Å²) in [7, 11) is 0. The quantitative estimate of drug-likeness (QED) is 0.474. The third kappa shape index (κ3) is 3.63. The van der Waals surface area contributed by atoms with Crippen LogP contribution >= 0.6 is 0 Å². The molecule has 2 aromatic carbocycles. The second kappa shape index (κ2) is 8.45. The van der Waals surface area contributed by atoms with E-state index in [9.17, 15) is 0 Å². The van der Waals surface area contributed by atoms with Crippen LogP contribution < -0.4 is 0 Å². The highest BCUT2D eigenvalue weighted by Gasteiger charge is 2.33. The highest BCUT2D eigenvalue weighted by atomic mass is 14.4. The number of hydrogen-bond acceptors (Lipinski definition) is 0. The normalized spacial score (nSPS) is 26.3. The van der Waals surface area contributed by atoms with Gasteiger partial charge in [-0.25, -0.2) is 0 Å². The lowest BCUT2D eigenvalue weighted by atomic mass is 9.82. The molecule has 0 heterocycles. The van der Waals surface area contributed by atoms with E-state index in [1.807, 2.05) is 0 Å².